The van der Waals surface area contributed by atoms with Crippen molar-refractivity contribution in [3.8, 4) is 0 Å². The molecule has 2 fully saturated rings. The molecule has 0 bridgehead atoms. The van der Waals surface area contributed by atoms with Crippen molar-refractivity contribution in [1.29, 1.82) is 0 Å². The molecule has 2 saturated carbocycles. The third-order valence-corrected chi connectivity index (χ3v) is 4.61. The van der Waals surface area contributed by atoms with Crippen molar-refractivity contribution in [2.45, 2.75) is 65.2 Å². The fourth-order valence-electron chi connectivity index (χ4n) is 3.58. The lowest BCUT2D eigenvalue weighted by Crippen LogP contribution is -2.15. The van der Waals surface area contributed by atoms with Crippen LogP contribution in [0.25, 0.3) is 0 Å². The van der Waals surface area contributed by atoms with Crippen LogP contribution in [0.5, 0.6) is 0 Å². The molecule has 0 heterocycles. The summed E-state index contributed by atoms with van der Waals surface area (Å²) < 4.78 is 0. The molecule has 0 spiro atoms. The molecule has 0 aliphatic heterocycles. The van der Waals surface area contributed by atoms with Gasteiger partial charge in [0.2, 0.25) is 0 Å². The fourth-order valence-corrected chi connectivity index (χ4v) is 3.58. The molecule has 0 aromatic carbocycles. The van der Waals surface area contributed by atoms with E-state index in [2.05, 4.69) is 13.8 Å². The van der Waals surface area contributed by atoms with E-state index in [9.17, 15) is 0 Å². The first-order valence-electron chi connectivity index (χ1n) is 6.74. The molecular weight excluding hydrogens is 168 g/mol. The van der Waals surface area contributed by atoms with Crippen molar-refractivity contribution >= 4 is 0 Å². The quantitative estimate of drug-likeness (QED) is 0.601. The molecule has 2 unspecified atom stereocenters. The summed E-state index contributed by atoms with van der Waals surface area (Å²) in [7, 11) is 0. The van der Waals surface area contributed by atoms with Crippen LogP contribution >= 0.6 is 0 Å². The average Bonchev–Trinajstić information content (AvgIpc) is 2.56. The van der Waals surface area contributed by atoms with Crippen LogP contribution in [0.2, 0.25) is 0 Å². The molecule has 0 saturated heterocycles. The normalized spacial score (nSPS) is 44.1. The highest BCUT2D eigenvalue weighted by molar-refractivity contribution is 4.78. The van der Waals surface area contributed by atoms with Gasteiger partial charge in [-0.3, -0.25) is 0 Å². The highest BCUT2D eigenvalue weighted by Gasteiger charge is 2.26. The van der Waals surface area contributed by atoms with Gasteiger partial charge in [-0.15, -0.1) is 0 Å². The first kappa shape index (κ1) is 10.5. The van der Waals surface area contributed by atoms with Crippen LogP contribution in [0, 0.1) is 23.7 Å². The lowest BCUT2D eigenvalue weighted by atomic mass is 9.78. The van der Waals surface area contributed by atoms with E-state index in [0.29, 0.717) is 0 Å². The van der Waals surface area contributed by atoms with Gasteiger partial charge in [0.15, 0.2) is 0 Å². The van der Waals surface area contributed by atoms with Crippen molar-refractivity contribution in [2.75, 3.05) is 0 Å². The molecule has 2 atom stereocenters. The highest BCUT2D eigenvalue weighted by Crippen LogP contribution is 2.39. The molecule has 2 aliphatic rings. The number of hydrogen-bond acceptors (Lipinski definition) is 0. The van der Waals surface area contributed by atoms with Gasteiger partial charge in [0, 0.05) is 0 Å². The summed E-state index contributed by atoms with van der Waals surface area (Å²) in [6, 6.07) is 0. The van der Waals surface area contributed by atoms with Crippen LogP contribution in [0.4, 0.5) is 0 Å². The van der Waals surface area contributed by atoms with Gasteiger partial charge in [0.05, 0.1) is 0 Å². The van der Waals surface area contributed by atoms with Gasteiger partial charge in [-0.25, -0.2) is 0 Å². The van der Waals surface area contributed by atoms with Gasteiger partial charge in [-0.1, -0.05) is 52.4 Å². The molecular formula is C14H26. The Morgan fingerprint density at radius 3 is 1.86 bits per heavy atom. The van der Waals surface area contributed by atoms with Crippen molar-refractivity contribution in [3.63, 3.8) is 0 Å². The molecule has 14 heavy (non-hydrogen) atoms. The molecule has 0 radical (unpaired) electrons. The summed E-state index contributed by atoms with van der Waals surface area (Å²) in [5.41, 5.74) is 0. The first-order chi connectivity index (χ1) is 6.74. The molecule has 82 valence electrons. The SMILES string of the molecule is CC1CCC(CC2CCC(C)C2)CC1. The molecule has 0 N–H and O–H groups in total. The predicted molar refractivity (Wildman–Crippen MR) is 62.2 cm³/mol. The highest BCUT2D eigenvalue weighted by atomic mass is 14.3. The van der Waals surface area contributed by atoms with Crippen LogP contribution < -0.4 is 0 Å². The van der Waals surface area contributed by atoms with Crippen molar-refractivity contribution in [3.05, 3.63) is 0 Å². The topological polar surface area (TPSA) is 0 Å². The number of rotatable bonds is 2. The van der Waals surface area contributed by atoms with Gasteiger partial charge < -0.3 is 0 Å². The van der Waals surface area contributed by atoms with Crippen molar-refractivity contribution in [1.82, 2.24) is 0 Å². The van der Waals surface area contributed by atoms with E-state index < -0.39 is 0 Å². The van der Waals surface area contributed by atoms with Crippen LogP contribution in [-0.2, 0) is 0 Å². The third-order valence-electron chi connectivity index (χ3n) is 4.61. The van der Waals surface area contributed by atoms with E-state index in [1.165, 1.54) is 44.9 Å². The smallest absolute Gasteiger partial charge is 0.0409 e. The Kier molecular flexibility index (Phi) is 3.52. The summed E-state index contributed by atoms with van der Waals surface area (Å²) in [5, 5.41) is 0. The van der Waals surface area contributed by atoms with E-state index in [0.717, 1.165) is 23.7 Å². The summed E-state index contributed by atoms with van der Waals surface area (Å²) in [4.78, 5) is 0. The number of hydrogen-bond donors (Lipinski definition) is 0. The molecule has 0 aromatic rings. The summed E-state index contributed by atoms with van der Waals surface area (Å²) >= 11 is 0. The molecule has 2 aliphatic carbocycles. The van der Waals surface area contributed by atoms with Gasteiger partial charge in [-0.05, 0) is 36.5 Å². The lowest BCUT2D eigenvalue weighted by molar-refractivity contribution is 0.245. The van der Waals surface area contributed by atoms with Crippen molar-refractivity contribution < 1.29 is 0 Å². The third kappa shape index (κ3) is 2.74. The average molecular weight is 194 g/mol. The zero-order valence-electron chi connectivity index (χ0n) is 9.97. The standard InChI is InChI=1S/C14H26/c1-11-3-6-13(7-4-11)10-14-8-5-12(2)9-14/h11-14H,3-10H2,1-2H3. The summed E-state index contributed by atoms with van der Waals surface area (Å²) in [5.74, 6) is 4.25. The second kappa shape index (κ2) is 4.68. The summed E-state index contributed by atoms with van der Waals surface area (Å²) in [6.07, 6.45) is 12.2. The van der Waals surface area contributed by atoms with Crippen LogP contribution in [-0.4, -0.2) is 0 Å². The molecule has 0 amide bonds. The maximum atomic E-state index is 2.43. The van der Waals surface area contributed by atoms with Gasteiger partial charge in [0.1, 0.15) is 0 Å². The van der Waals surface area contributed by atoms with Crippen LogP contribution in [0.1, 0.15) is 65.2 Å². The largest absolute Gasteiger partial charge is 0.0625 e. The van der Waals surface area contributed by atoms with Gasteiger partial charge in [-0.2, -0.15) is 0 Å². The second-order valence-electron chi connectivity index (χ2n) is 6.15. The molecule has 0 nitrogen and oxygen atoms in total. The Morgan fingerprint density at radius 1 is 0.714 bits per heavy atom. The minimum absolute atomic E-state index is 1.02. The van der Waals surface area contributed by atoms with Crippen LogP contribution in [0.3, 0.4) is 0 Å². The van der Waals surface area contributed by atoms with Gasteiger partial charge >= 0.3 is 0 Å². The van der Waals surface area contributed by atoms with Gasteiger partial charge in [0.25, 0.3) is 0 Å². The van der Waals surface area contributed by atoms with E-state index >= 15 is 0 Å². The van der Waals surface area contributed by atoms with E-state index in [4.69, 9.17) is 0 Å². The zero-order chi connectivity index (χ0) is 9.97. The molecule has 2 rings (SSSR count). The Bertz CT molecular complexity index is 165. The minimum Gasteiger partial charge on any atom is -0.0625 e. The van der Waals surface area contributed by atoms with E-state index in [1.807, 2.05) is 0 Å². The Hall–Kier alpha value is 0. The monoisotopic (exact) mass is 194 g/mol. The van der Waals surface area contributed by atoms with E-state index in [-0.39, 0.29) is 0 Å². The maximum absolute atomic E-state index is 2.43. The Balaban J connectivity index is 1.70. The Labute approximate surface area is 89.5 Å². The predicted octanol–water partition coefficient (Wildman–Crippen LogP) is 4.64. The minimum atomic E-state index is 1.02. The lowest BCUT2D eigenvalue weighted by Gasteiger charge is -2.28. The molecule has 0 aromatic heterocycles. The maximum Gasteiger partial charge on any atom is -0.0409 e. The van der Waals surface area contributed by atoms with Crippen LogP contribution in [0.15, 0.2) is 0 Å². The second-order valence-corrected chi connectivity index (χ2v) is 6.15. The summed E-state index contributed by atoms with van der Waals surface area (Å²) in [6.45, 7) is 4.86. The van der Waals surface area contributed by atoms with E-state index in [1.54, 1.807) is 6.42 Å². The molecule has 0 heteroatoms. The Morgan fingerprint density at radius 2 is 1.29 bits per heavy atom. The fraction of sp³-hybridized carbons (Fsp3) is 1.00. The zero-order valence-corrected chi connectivity index (χ0v) is 9.97. The van der Waals surface area contributed by atoms with Crippen molar-refractivity contribution in [2.24, 2.45) is 23.7 Å². The first-order valence-corrected chi connectivity index (χ1v) is 6.74.